The van der Waals surface area contributed by atoms with Crippen molar-refractivity contribution >= 4 is 12.3 Å². The third kappa shape index (κ3) is 5.31. The molecule has 4 heteroatoms. The Labute approximate surface area is 116 Å². The van der Waals surface area contributed by atoms with Gasteiger partial charge in [0.2, 0.25) is 0 Å². The van der Waals surface area contributed by atoms with E-state index < -0.39 is 5.60 Å². The zero-order chi connectivity index (χ0) is 14.5. The topological polar surface area (TPSA) is 46.6 Å². The second-order valence-electron chi connectivity index (χ2n) is 6.38. The van der Waals surface area contributed by atoms with E-state index in [0.29, 0.717) is 13.0 Å². The van der Waals surface area contributed by atoms with Crippen molar-refractivity contribution in [2.45, 2.75) is 65.0 Å². The predicted molar refractivity (Wildman–Crippen MR) is 74.9 cm³/mol. The van der Waals surface area contributed by atoms with Crippen molar-refractivity contribution in [2.75, 3.05) is 13.1 Å². The van der Waals surface area contributed by atoms with Gasteiger partial charge in [-0.25, -0.2) is 0 Å². The molecule has 0 aromatic rings. The highest BCUT2D eigenvalue weighted by atomic mass is 16.6. The molecule has 0 spiro atoms. The summed E-state index contributed by atoms with van der Waals surface area (Å²) in [5.41, 5.74) is -0.467. The highest BCUT2D eigenvalue weighted by Gasteiger charge is 2.38. The van der Waals surface area contributed by atoms with Crippen LogP contribution in [0.5, 0.6) is 0 Å². The van der Waals surface area contributed by atoms with Crippen molar-refractivity contribution in [3.05, 3.63) is 0 Å². The normalized spacial score (nSPS) is 24.4. The SMILES string of the molecule is CCCCCN1CC(C=O)CC1C(=O)OC(C)(C)C. The Morgan fingerprint density at radius 3 is 2.58 bits per heavy atom. The van der Waals surface area contributed by atoms with Gasteiger partial charge in [0, 0.05) is 12.5 Å². The summed E-state index contributed by atoms with van der Waals surface area (Å²) in [7, 11) is 0. The highest BCUT2D eigenvalue weighted by Crippen LogP contribution is 2.25. The van der Waals surface area contributed by atoms with Gasteiger partial charge in [0.25, 0.3) is 0 Å². The molecule has 2 unspecified atom stereocenters. The molecule has 1 aliphatic heterocycles. The lowest BCUT2D eigenvalue weighted by molar-refractivity contribution is -0.160. The van der Waals surface area contributed by atoms with Crippen LogP contribution in [0.2, 0.25) is 0 Å². The van der Waals surface area contributed by atoms with Gasteiger partial charge in [-0.1, -0.05) is 19.8 Å². The molecule has 1 fully saturated rings. The third-order valence-corrected chi connectivity index (χ3v) is 3.36. The Hall–Kier alpha value is -0.900. The van der Waals surface area contributed by atoms with Gasteiger partial charge < -0.3 is 9.53 Å². The van der Waals surface area contributed by atoms with Crippen molar-refractivity contribution in [1.29, 1.82) is 0 Å². The van der Waals surface area contributed by atoms with Crippen LogP contribution in [-0.2, 0) is 14.3 Å². The molecule has 1 heterocycles. The lowest BCUT2D eigenvalue weighted by Gasteiger charge is -2.27. The molecule has 0 radical (unpaired) electrons. The number of hydrogen-bond acceptors (Lipinski definition) is 4. The van der Waals surface area contributed by atoms with Crippen LogP contribution < -0.4 is 0 Å². The summed E-state index contributed by atoms with van der Waals surface area (Å²) in [6.45, 7) is 9.35. The minimum absolute atomic E-state index is 0.0286. The summed E-state index contributed by atoms with van der Waals surface area (Å²) >= 11 is 0. The summed E-state index contributed by atoms with van der Waals surface area (Å²) in [6, 6.07) is -0.244. The number of aldehydes is 1. The number of carbonyl (C=O) groups excluding carboxylic acids is 2. The van der Waals surface area contributed by atoms with E-state index in [1.807, 2.05) is 20.8 Å². The molecule has 1 saturated heterocycles. The molecule has 1 aliphatic rings. The molecule has 0 amide bonds. The molecule has 2 atom stereocenters. The molecular formula is C15H27NO3. The van der Waals surface area contributed by atoms with Crippen LogP contribution >= 0.6 is 0 Å². The Morgan fingerprint density at radius 2 is 2.05 bits per heavy atom. The first-order valence-corrected chi connectivity index (χ1v) is 7.29. The fourth-order valence-electron chi connectivity index (χ4n) is 2.46. The van der Waals surface area contributed by atoms with Crippen LogP contribution in [-0.4, -0.2) is 41.9 Å². The average Bonchev–Trinajstić information content (AvgIpc) is 2.71. The number of carbonyl (C=O) groups is 2. The van der Waals surface area contributed by atoms with Crippen molar-refractivity contribution in [1.82, 2.24) is 4.90 Å². The standard InChI is InChI=1S/C15H27NO3/c1-5-6-7-8-16-10-12(11-17)9-13(16)14(18)19-15(2,3)4/h11-13H,5-10H2,1-4H3. The van der Waals surface area contributed by atoms with Gasteiger partial charge in [-0.3, -0.25) is 9.69 Å². The molecule has 0 bridgehead atoms. The number of nitrogens with zero attached hydrogens (tertiary/aromatic N) is 1. The molecule has 110 valence electrons. The lowest BCUT2D eigenvalue weighted by atomic mass is 10.1. The summed E-state index contributed by atoms with van der Waals surface area (Å²) in [5, 5.41) is 0. The molecule has 19 heavy (non-hydrogen) atoms. The number of hydrogen-bond donors (Lipinski definition) is 0. The molecular weight excluding hydrogens is 242 g/mol. The monoisotopic (exact) mass is 269 g/mol. The van der Waals surface area contributed by atoms with E-state index in [1.165, 1.54) is 0 Å². The number of likely N-dealkylation sites (tertiary alicyclic amines) is 1. The van der Waals surface area contributed by atoms with E-state index in [2.05, 4.69) is 11.8 Å². The lowest BCUT2D eigenvalue weighted by Crippen LogP contribution is -2.40. The minimum atomic E-state index is -0.467. The fourth-order valence-corrected chi connectivity index (χ4v) is 2.46. The fraction of sp³-hybridized carbons (Fsp3) is 0.867. The maximum atomic E-state index is 12.2. The molecule has 0 aliphatic carbocycles. The Morgan fingerprint density at radius 1 is 1.37 bits per heavy atom. The van der Waals surface area contributed by atoms with Crippen LogP contribution in [0.3, 0.4) is 0 Å². The first-order valence-electron chi connectivity index (χ1n) is 7.29. The average molecular weight is 269 g/mol. The zero-order valence-corrected chi connectivity index (χ0v) is 12.6. The van der Waals surface area contributed by atoms with Crippen molar-refractivity contribution in [3.8, 4) is 0 Å². The van der Waals surface area contributed by atoms with Gasteiger partial charge in [-0.05, 0) is 40.2 Å². The van der Waals surface area contributed by atoms with E-state index in [0.717, 1.165) is 32.1 Å². The van der Waals surface area contributed by atoms with Crippen molar-refractivity contribution < 1.29 is 14.3 Å². The van der Waals surface area contributed by atoms with Gasteiger partial charge in [0.05, 0.1) is 0 Å². The third-order valence-electron chi connectivity index (χ3n) is 3.36. The van der Waals surface area contributed by atoms with Crippen molar-refractivity contribution in [2.24, 2.45) is 5.92 Å². The Bertz CT molecular complexity index is 309. The van der Waals surface area contributed by atoms with Gasteiger partial charge in [0.1, 0.15) is 17.9 Å². The van der Waals surface area contributed by atoms with E-state index >= 15 is 0 Å². The van der Waals surface area contributed by atoms with Gasteiger partial charge in [-0.2, -0.15) is 0 Å². The molecule has 4 nitrogen and oxygen atoms in total. The number of esters is 1. The van der Waals surface area contributed by atoms with Gasteiger partial charge in [0.15, 0.2) is 0 Å². The maximum absolute atomic E-state index is 12.2. The number of unbranched alkanes of at least 4 members (excludes halogenated alkanes) is 2. The highest BCUT2D eigenvalue weighted by molar-refractivity contribution is 5.77. The minimum Gasteiger partial charge on any atom is -0.459 e. The van der Waals surface area contributed by atoms with E-state index in [9.17, 15) is 9.59 Å². The summed E-state index contributed by atoms with van der Waals surface area (Å²) in [5.74, 6) is -0.215. The molecule has 0 aromatic heterocycles. The van der Waals surface area contributed by atoms with Gasteiger partial charge >= 0.3 is 5.97 Å². The van der Waals surface area contributed by atoms with Crippen LogP contribution in [0, 0.1) is 5.92 Å². The summed E-state index contributed by atoms with van der Waals surface area (Å²) in [6.07, 6.45) is 4.95. The maximum Gasteiger partial charge on any atom is 0.323 e. The van der Waals surface area contributed by atoms with E-state index in [1.54, 1.807) is 0 Å². The van der Waals surface area contributed by atoms with E-state index in [-0.39, 0.29) is 17.9 Å². The number of rotatable bonds is 6. The second-order valence-corrected chi connectivity index (χ2v) is 6.38. The Balaban J connectivity index is 2.60. The smallest absolute Gasteiger partial charge is 0.323 e. The first-order chi connectivity index (χ1) is 8.87. The quantitative estimate of drug-likeness (QED) is 0.422. The van der Waals surface area contributed by atoms with Crippen LogP contribution in [0.1, 0.15) is 53.4 Å². The zero-order valence-electron chi connectivity index (χ0n) is 12.6. The summed E-state index contributed by atoms with van der Waals surface area (Å²) < 4.78 is 5.45. The van der Waals surface area contributed by atoms with E-state index in [4.69, 9.17) is 4.74 Å². The van der Waals surface area contributed by atoms with Crippen LogP contribution in [0.25, 0.3) is 0 Å². The Kier molecular flexibility index (Phi) is 5.98. The molecule has 1 rings (SSSR count). The van der Waals surface area contributed by atoms with Crippen LogP contribution in [0.4, 0.5) is 0 Å². The largest absolute Gasteiger partial charge is 0.459 e. The first kappa shape index (κ1) is 16.2. The van der Waals surface area contributed by atoms with Crippen LogP contribution in [0.15, 0.2) is 0 Å². The molecule has 0 aromatic carbocycles. The second kappa shape index (κ2) is 7.04. The summed E-state index contributed by atoms with van der Waals surface area (Å²) in [4.78, 5) is 25.3. The number of ether oxygens (including phenoxy) is 1. The van der Waals surface area contributed by atoms with Crippen molar-refractivity contribution in [3.63, 3.8) is 0 Å². The molecule has 0 N–H and O–H groups in total. The van der Waals surface area contributed by atoms with Gasteiger partial charge in [-0.15, -0.1) is 0 Å². The molecule has 0 saturated carbocycles. The predicted octanol–water partition coefficient (Wildman–Crippen LogP) is 2.41.